The van der Waals surface area contributed by atoms with Crippen LogP contribution in [0.2, 0.25) is 0 Å². The van der Waals surface area contributed by atoms with Crippen molar-refractivity contribution >= 4 is 38.6 Å². The van der Waals surface area contributed by atoms with E-state index in [2.05, 4.69) is 17.2 Å². The van der Waals surface area contributed by atoms with Crippen LogP contribution in [0.25, 0.3) is 0 Å². The molecule has 1 aromatic heterocycles. The fraction of sp³-hybridized carbons (Fsp3) is 0.500. The maximum absolute atomic E-state index is 11.7. The van der Waals surface area contributed by atoms with Crippen molar-refractivity contribution in [2.75, 3.05) is 12.8 Å². The van der Waals surface area contributed by atoms with Crippen LogP contribution in [-0.4, -0.2) is 35.5 Å². The van der Waals surface area contributed by atoms with Gasteiger partial charge in [0.25, 0.3) is 0 Å². The van der Waals surface area contributed by atoms with Crippen molar-refractivity contribution in [1.29, 1.82) is 0 Å². The van der Waals surface area contributed by atoms with Gasteiger partial charge in [-0.25, -0.2) is 13.4 Å². The molecule has 0 spiro atoms. The van der Waals surface area contributed by atoms with Crippen molar-refractivity contribution in [2.24, 2.45) is 5.73 Å². The largest absolute Gasteiger partial charge is 0.392 e. The quantitative estimate of drug-likeness (QED) is 0.794. The third-order valence-electron chi connectivity index (χ3n) is 2.01. The molecule has 0 radical (unpaired) electrons. The Morgan fingerprint density at radius 2 is 2.31 bits per heavy atom. The standard InChI is InChI=1S/C8H13N3O2S3/c1-6-7(15-5-10-6)3-11(2)16(12,13)4-8(9)14/h5H,3-4H2,1-2H3,(H2,9,14). The van der Waals surface area contributed by atoms with Gasteiger partial charge in [-0.2, -0.15) is 4.31 Å². The lowest BCUT2D eigenvalue weighted by atomic mass is 10.4. The highest BCUT2D eigenvalue weighted by Crippen LogP contribution is 2.15. The number of hydrogen-bond acceptors (Lipinski definition) is 5. The second-order valence-electron chi connectivity index (χ2n) is 3.34. The van der Waals surface area contributed by atoms with Crippen LogP contribution in [0.5, 0.6) is 0 Å². The number of nitrogens with zero attached hydrogens (tertiary/aromatic N) is 2. The van der Waals surface area contributed by atoms with Crippen LogP contribution in [-0.2, 0) is 16.6 Å². The maximum Gasteiger partial charge on any atom is 0.220 e. The molecular formula is C8H13N3O2S3. The molecule has 0 bridgehead atoms. The summed E-state index contributed by atoms with van der Waals surface area (Å²) in [4.78, 5) is 4.96. The zero-order valence-corrected chi connectivity index (χ0v) is 11.5. The summed E-state index contributed by atoms with van der Waals surface area (Å²) in [5.74, 6) is -0.295. The molecule has 0 saturated carbocycles. The van der Waals surface area contributed by atoms with Crippen LogP contribution in [0.15, 0.2) is 5.51 Å². The summed E-state index contributed by atoms with van der Waals surface area (Å²) >= 11 is 6.03. The van der Waals surface area contributed by atoms with Gasteiger partial charge >= 0.3 is 0 Å². The third-order valence-corrected chi connectivity index (χ3v) is 5.01. The van der Waals surface area contributed by atoms with Gasteiger partial charge in [-0.15, -0.1) is 11.3 Å². The van der Waals surface area contributed by atoms with Gasteiger partial charge in [-0.05, 0) is 6.92 Å². The van der Waals surface area contributed by atoms with Gasteiger partial charge in [0.05, 0.1) is 16.2 Å². The monoisotopic (exact) mass is 279 g/mol. The highest BCUT2D eigenvalue weighted by atomic mass is 32.2. The molecule has 1 heterocycles. The van der Waals surface area contributed by atoms with Crippen LogP contribution >= 0.6 is 23.6 Å². The molecular weight excluding hydrogens is 266 g/mol. The summed E-state index contributed by atoms with van der Waals surface area (Å²) in [5.41, 5.74) is 7.78. The van der Waals surface area contributed by atoms with E-state index >= 15 is 0 Å². The summed E-state index contributed by atoms with van der Waals surface area (Å²) in [6.07, 6.45) is 0. The van der Waals surface area contributed by atoms with E-state index in [1.54, 1.807) is 5.51 Å². The fourth-order valence-corrected chi connectivity index (χ4v) is 3.33. The van der Waals surface area contributed by atoms with E-state index < -0.39 is 10.0 Å². The Balaban J connectivity index is 2.76. The highest BCUT2D eigenvalue weighted by Gasteiger charge is 2.20. The third kappa shape index (κ3) is 3.48. The van der Waals surface area contributed by atoms with Crippen molar-refractivity contribution < 1.29 is 8.42 Å². The van der Waals surface area contributed by atoms with Crippen LogP contribution in [0.1, 0.15) is 10.6 Å². The second-order valence-corrected chi connectivity index (χ2v) is 6.88. The molecule has 90 valence electrons. The zero-order chi connectivity index (χ0) is 12.3. The molecule has 0 aromatic carbocycles. The lowest BCUT2D eigenvalue weighted by Gasteiger charge is -2.15. The average Bonchev–Trinajstić information content (AvgIpc) is 2.49. The van der Waals surface area contributed by atoms with E-state index in [1.807, 2.05) is 6.92 Å². The van der Waals surface area contributed by atoms with Crippen molar-refractivity contribution in [3.8, 4) is 0 Å². The topological polar surface area (TPSA) is 76.3 Å². The number of thiazole rings is 1. The molecule has 0 amide bonds. The minimum atomic E-state index is -3.41. The number of sulfonamides is 1. The minimum Gasteiger partial charge on any atom is -0.392 e. The predicted molar refractivity (Wildman–Crippen MR) is 68.9 cm³/mol. The van der Waals surface area contributed by atoms with E-state index in [4.69, 9.17) is 5.73 Å². The molecule has 16 heavy (non-hydrogen) atoms. The first kappa shape index (κ1) is 13.5. The van der Waals surface area contributed by atoms with E-state index in [1.165, 1.54) is 22.7 Å². The first-order valence-electron chi connectivity index (χ1n) is 4.44. The molecule has 8 heteroatoms. The number of rotatable bonds is 5. The Bertz CT molecular complexity index is 480. The van der Waals surface area contributed by atoms with Gasteiger partial charge in [0.2, 0.25) is 10.0 Å². The molecule has 1 aromatic rings. The van der Waals surface area contributed by atoms with E-state index in [9.17, 15) is 8.42 Å². The normalized spacial score (nSPS) is 11.9. The predicted octanol–water partition coefficient (Wildman–Crippen LogP) is 0.499. The van der Waals surface area contributed by atoms with Crippen molar-refractivity contribution in [3.05, 3.63) is 16.1 Å². The van der Waals surface area contributed by atoms with Gasteiger partial charge in [0.1, 0.15) is 5.75 Å². The lowest BCUT2D eigenvalue weighted by Crippen LogP contribution is -2.33. The van der Waals surface area contributed by atoms with Crippen molar-refractivity contribution in [1.82, 2.24) is 9.29 Å². The smallest absolute Gasteiger partial charge is 0.220 e. The summed E-state index contributed by atoms with van der Waals surface area (Å²) in [5, 5.41) is 0. The summed E-state index contributed by atoms with van der Waals surface area (Å²) in [6, 6.07) is 0. The Morgan fingerprint density at radius 3 is 2.75 bits per heavy atom. The van der Waals surface area contributed by atoms with E-state index in [0.717, 1.165) is 10.6 Å². The van der Waals surface area contributed by atoms with Crippen molar-refractivity contribution in [3.63, 3.8) is 0 Å². The first-order valence-corrected chi connectivity index (χ1v) is 7.34. The number of nitrogens with two attached hydrogens (primary N) is 1. The van der Waals surface area contributed by atoms with Gasteiger partial charge in [-0.3, -0.25) is 0 Å². The molecule has 0 saturated heterocycles. The minimum absolute atomic E-state index is 0.0205. The van der Waals surface area contributed by atoms with E-state index in [-0.39, 0.29) is 10.7 Å². The summed E-state index contributed by atoms with van der Waals surface area (Å²) in [6.45, 7) is 2.15. The second kappa shape index (κ2) is 5.17. The molecule has 0 aliphatic rings. The molecule has 2 N–H and O–H groups in total. The number of aromatic nitrogens is 1. The SMILES string of the molecule is Cc1ncsc1CN(C)S(=O)(=O)CC(N)=S. The Morgan fingerprint density at radius 1 is 1.69 bits per heavy atom. The van der Waals surface area contributed by atoms with Gasteiger partial charge < -0.3 is 5.73 Å². The molecule has 0 aliphatic heterocycles. The van der Waals surface area contributed by atoms with Crippen LogP contribution in [0.4, 0.5) is 0 Å². The number of aryl methyl sites for hydroxylation is 1. The fourth-order valence-electron chi connectivity index (χ4n) is 1.07. The van der Waals surface area contributed by atoms with Crippen LogP contribution in [0.3, 0.4) is 0 Å². The Hall–Kier alpha value is -0.570. The van der Waals surface area contributed by atoms with Crippen LogP contribution in [0, 0.1) is 6.92 Å². The van der Waals surface area contributed by atoms with Gasteiger partial charge in [0, 0.05) is 18.5 Å². The molecule has 0 aliphatic carbocycles. The Labute approximate surface area is 104 Å². The van der Waals surface area contributed by atoms with Crippen molar-refractivity contribution in [2.45, 2.75) is 13.5 Å². The summed E-state index contributed by atoms with van der Waals surface area (Å²) in [7, 11) is -1.90. The molecule has 1 rings (SSSR count). The lowest BCUT2D eigenvalue weighted by molar-refractivity contribution is 0.472. The Kier molecular flexibility index (Phi) is 4.36. The number of thiocarbonyl (C=S) groups is 1. The maximum atomic E-state index is 11.7. The van der Waals surface area contributed by atoms with E-state index in [0.29, 0.717) is 6.54 Å². The molecule has 5 nitrogen and oxygen atoms in total. The number of hydrogen-bond donors (Lipinski definition) is 1. The first-order chi connectivity index (χ1) is 7.33. The zero-order valence-electron chi connectivity index (χ0n) is 9.00. The molecule has 0 unspecified atom stereocenters. The summed E-state index contributed by atoms with van der Waals surface area (Å²) < 4.78 is 24.7. The molecule has 0 fully saturated rings. The van der Waals surface area contributed by atoms with Gasteiger partial charge in [-0.1, -0.05) is 12.2 Å². The highest BCUT2D eigenvalue weighted by molar-refractivity contribution is 7.92. The average molecular weight is 279 g/mol. The van der Waals surface area contributed by atoms with Crippen LogP contribution < -0.4 is 5.73 Å². The molecule has 0 atom stereocenters. The van der Waals surface area contributed by atoms with Gasteiger partial charge in [0.15, 0.2) is 0 Å².